The van der Waals surface area contributed by atoms with Crippen molar-refractivity contribution in [3.63, 3.8) is 0 Å². The lowest BCUT2D eigenvalue weighted by molar-refractivity contribution is 0.116. The first-order valence-electron chi connectivity index (χ1n) is 8.03. The van der Waals surface area contributed by atoms with Gasteiger partial charge in [0.05, 0.1) is 6.61 Å². The zero-order valence-corrected chi connectivity index (χ0v) is 14.9. The van der Waals surface area contributed by atoms with Crippen molar-refractivity contribution in [2.24, 2.45) is 5.92 Å². The summed E-state index contributed by atoms with van der Waals surface area (Å²) in [7, 11) is -1.76. The quantitative estimate of drug-likeness (QED) is 0.829. The molecule has 1 unspecified atom stereocenters. The van der Waals surface area contributed by atoms with E-state index in [1.165, 1.54) is 0 Å². The fraction of sp³-hybridized carbons (Fsp3) is 0.625. The summed E-state index contributed by atoms with van der Waals surface area (Å²) in [6, 6.07) is 5.71. The normalized spacial score (nSPS) is 23.7. The Morgan fingerprint density at radius 2 is 2.13 bits per heavy atom. The molecule has 1 saturated heterocycles. The van der Waals surface area contributed by atoms with Gasteiger partial charge in [0.15, 0.2) is 0 Å². The van der Waals surface area contributed by atoms with Gasteiger partial charge in [0.1, 0.15) is 0 Å². The molecule has 2 heterocycles. The molecule has 0 amide bonds. The minimum atomic E-state index is -3.42. The fourth-order valence-electron chi connectivity index (χ4n) is 3.51. The van der Waals surface area contributed by atoms with Gasteiger partial charge in [0, 0.05) is 38.3 Å². The van der Waals surface area contributed by atoms with Crippen molar-refractivity contribution in [1.29, 1.82) is 0 Å². The maximum Gasteiger partial charge on any atom is 0.282 e. The van der Waals surface area contributed by atoms with Gasteiger partial charge < -0.3 is 4.74 Å². The number of benzene rings is 1. The Morgan fingerprint density at radius 1 is 1.30 bits per heavy atom. The lowest BCUT2D eigenvalue weighted by Gasteiger charge is -2.37. The van der Waals surface area contributed by atoms with Crippen molar-refractivity contribution >= 4 is 21.8 Å². The zero-order chi connectivity index (χ0) is 16.4. The highest BCUT2D eigenvalue weighted by atomic mass is 35.5. The molecule has 3 rings (SSSR count). The standard InChI is InChI=1S/C16H23ClN2O3S/c1-22-12-13-4-3-8-18(10-13)23(20,21)19-9-7-15-14(11-19)5-2-6-16(15)17/h2,5-6,13H,3-4,7-12H2,1H3. The Hall–Kier alpha value is -0.660. The van der Waals surface area contributed by atoms with E-state index in [1.54, 1.807) is 15.7 Å². The number of methoxy groups -OCH3 is 1. The van der Waals surface area contributed by atoms with Crippen molar-refractivity contribution in [3.8, 4) is 0 Å². The molecular weight excluding hydrogens is 336 g/mol. The van der Waals surface area contributed by atoms with E-state index in [4.69, 9.17) is 16.3 Å². The average Bonchev–Trinajstić information content (AvgIpc) is 2.55. The molecule has 0 N–H and O–H groups in total. The Kier molecular flexibility index (Phi) is 5.28. The van der Waals surface area contributed by atoms with Gasteiger partial charge >= 0.3 is 0 Å². The molecule has 23 heavy (non-hydrogen) atoms. The van der Waals surface area contributed by atoms with Gasteiger partial charge in [0.2, 0.25) is 0 Å². The van der Waals surface area contributed by atoms with E-state index in [9.17, 15) is 8.42 Å². The lowest BCUT2D eigenvalue weighted by Crippen LogP contribution is -2.49. The molecule has 5 nitrogen and oxygen atoms in total. The highest BCUT2D eigenvalue weighted by Gasteiger charge is 2.35. The summed E-state index contributed by atoms with van der Waals surface area (Å²) in [6.07, 6.45) is 2.59. The highest BCUT2D eigenvalue weighted by molar-refractivity contribution is 7.86. The molecule has 0 spiro atoms. The van der Waals surface area contributed by atoms with E-state index in [-0.39, 0.29) is 5.92 Å². The van der Waals surface area contributed by atoms with Gasteiger partial charge in [-0.25, -0.2) is 0 Å². The van der Waals surface area contributed by atoms with Crippen LogP contribution in [-0.2, 0) is 27.9 Å². The first-order valence-corrected chi connectivity index (χ1v) is 9.80. The van der Waals surface area contributed by atoms with Crippen LogP contribution in [0.3, 0.4) is 0 Å². The Bertz CT molecular complexity index is 663. The molecule has 0 aliphatic carbocycles. The predicted molar refractivity (Wildman–Crippen MR) is 90.7 cm³/mol. The van der Waals surface area contributed by atoms with Crippen LogP contribution in [0.2, 0.25) is 5.02 Å². The number of hydrogen-bond donors (Lipinski definition) is 0. The van der Waals surface area contributed by atoms with Crippen LogP contribution in [0, 0.1) is 5.92 Å². The topological polar surface area (TPSA) is 49.9 Å². The van der Waals surface area contributed by atoms with E-state index in [0.717, 1.165) is 29.0 Å². The summed E-state index contributed by atoms with van der Waals surface area (Å²) in [5.41, 5.74) is 2.09. The second kappa shape index (κ2) is 7.07. The van der Waals surface area contributed by atoms with Gasteiger partial charge in [-0.05, 0) is 42.4 Å². The first-order chi connectivity index (χ1) is 11.0. The molecule has 1 fully saturated rings. The summed E-state index contributed by atoms with van der Waals surface area (Å²) in [6.45, 7) is 2.66. The number of nitrogens with zero attached hydrogens (tertiary/aromatic N) is 2. The van der Waals surface area contributed by atoms with Crippen molar-refractivity contribution < 1.29 is 13.2 Å². The minimum absolute atomic E-state index is 0.287. The summed E-state index contributed by atoms with van der Waals surface area (Å²) in [5, 5.41) is 0.734. The maximum absolute atomic E-state index is 13.0. The lowest BCUT2D eigenvalue weighted by atomic mass is 10.0. The molecule has 2 aliphatic heterocycles. The van der Waals surface area contributed by atoms with Gasteiger partial charge in [0.25, 0.3) is 10.2 Å². The van der Waals surface area contributed by atoms with E-state index in [0.29, 0.717) is 39.2 Å². The van der Waals surface area contributed by atoms with Crippen LogP contribution in [0.15, 0.2) is 18.2 Å². The summed E-state index contributed by atoms with van der Waals surface area (Å²) < 4.78 is 34.3. The number of fused-ring (bicyclic) bond motifs is 1. The predicted octanol–water partition coefficient (Wildman–Crippen LogP) is 2.30. The minimum Gasteiger partial charge on any atom is -0.384 e. The number of halogens is 1. The maximum atomic E-state index is 13.0. The van der Waals surface area contributed by atoms with Crippen LogP contribution in [0.4, 0.5) is 0 Å². The Morgan fingerprint density at radius 3 is 2.91 bits per heavy atom. The SMILES string of the molecule is COCC1CCCN(S(=O)(=O)N2CCc3c(Cl)cccc3C2)C1. The third kappa shape index (κ3) is 3.56. The third-order valence-electron chi connectivity index (χ3n) is 4.71. The molecule has 0 saturated carbocycles. The third-order valence-corrected chi connectivity index (χ3v) is 7.01. The van der Waals surface area contributed by atoms with Crippen molar-refractivity contribution in [2.45, 2.75) is 25.8 Å². The summed E-state index contributed by atoms with van der Waals surface area (Å²) in [5.74, 6) is 0.287. The van der Waals surface area contributed by atoms with Crippen LogP contribution in [0.5, 0.6) is 0 Å². The van der Waals surface area contributed by atoms with Crippen LogP contribution in [0.25, 0.3) is 0 Å². The molecule has 7 heteroatoms. The molecule has 1 atom stereocenters. The Labute approximate surface area is 143 Å². The molecule has 2 aliphatic rings. The van der Waals surface area contributed by atoms with E-state index in [1.807, 2.05) is 18.2 Å². The van der Waals surface area contributed by atoms with Gasteiger partial charge in [-0.2, -0.15) is 17.0 Å². The van der Waals surface area contributed by atoms with E-state index < -0.39 is 10.2 Å². The fourth-order valence-corrected chi connectivity index (χ4v) is 5.50. The molecular formula is C16H23ClN2O3S. The molecule has 1 aromatic rings. The monoisotopic (exact) mass is 358 g/mol. The highest BCUT2D eigenvalue weighted by Crippen LogP contribution is 2.29. The van der Waals surface area contributed by atoms with Crippen LogP contribution >= 0.6 is 11.6 Å². The van der Waals surface area contributed by atoms with Crippen molar-refractivity contribution in [2.75, 3.05) is 33.4 Å². The Balaban J connectivity index is 1.76. The molecule has 1 aromatic carbocycles. The van der Waals surface area contributed by atoms with Crippen LogP contribution in [-0.4, -0.2) is 50.4 Å². The summed E-state index contributed by atoms with van der Waals surface area (Å²) >= 11 is 6.21. The van der Waals surface area contributed by atoms with Gasteiger partial charge in [-0.3, -0.25) is 0 Å². The van der Waals surface area contributed by atoms with E-state index in [2.05, 4.69) is 0 Å². The van der Waals surface area contributed by atoms with Gasteiger partial charge in [-0.1, -0.05) is 23.7 Å². The van der Waals surface area contributed by atoms with E-state index >= 15 is 0 Å². The van der Waals surface area contributed by atoms with Gasteiger partial charge in [-0.15, -0.1) is 0 Å². The van der Waals surface area contributed by atoms with Crippen molar-refractivity contribution in [3.05, 3.63) is 34.3 Å². The first kappa shape index (κ1) is 17.2. The zero-order valence-electron chi connectivity index (χ0n) is 13.4. The largest absolute Gasteiger partial charge is 0.384 e. The second-order valence-electron chi connectivity index (χ2n) is 6.29. The van der Waals surface area contributed by atoms with Crippen molar-refractivity contribution in [1.82, 2.24) is 8.61 Å². The number of rotatable bonds is 4. The molecule has 0 radical (unpaired) electrons. The second-order valence-corrected chi connectivity index (χ2v) is 8.63. The average molecular weight is 359 g/mol. The van der Waals surface area contributed by atoms with Crippen LogP contribution < -0.4 is 0 Å². The number of hydrogen-bond acceptors (Lipinski definition) is 3. The van der Waals surface area contributed by atoms with Crippen LogP contribution in [0.1, 0.15) is 24.0 Å². The molecule has 0 bridgehead atoms. The molecule has 0 aromatic heterocycles. The summed E-state index contributed by atoms with van der Waals surface area (Å²) in [4.78, 5) is 0. The number of ether oxygens (including phenoxy) is 1. The number of piperidine rings is 1. The smallest absolute Gasteiger partial charge is 0.282 e. The molecule has 128 valence electrons.